The Morgan fingerprint density at radius 2 is 1.95 bits per heavy atom. The molecule has 1 aromatic heterocycles. The van der Waals surface area contributed by atoms with E-state index in [4.69, 9.17) is 11.5 Å². The third-order valence-electron chi connectivity index (χ3n) is 2.66. The molecule has 6 nitrogen and oxygen atoms in total. The van der Waals surface area contributed by atoms with E-state index in [1.54, 1.807) is 0 Å². The van der Waals surface area contributed by atoms with Crippen LogP contribution in [0.15, 0.2) is 41.5 Å². The highest BCUT2D eigenvalue weighted by Crippen LogP contribution is 2.03. The first kappa shape index (κ1) is 16.0. The number of aryl methyl sites for hydroxylation is 1. The summed E-state index contributed by atoms with van der Waals surface area (Å²) in [5, 5.41) is 8.24. The van der Waals surface area contributed by atoms with Gasteiger partial charge in [-0.15, -0.1) is 17.5 Å². The second kappa shape index (κ2) is 8.16. The molecular formula is C13H19ClN6. The molecule has 0 saturated heterocycles. The van der Waals surface area contributed by atoms with Gasteiger partial charge in [-0.25, -0.2) is 4.68 Å². The number of nitrogens with two attached hydrogens (primary N) is 2. The fraction of sp³-hybridized carbons (Fsp3) is 0.308. The quantitative estimate of drug-likeness (QED) is 0.471. The van der Waals surface area contributed by atoms with Crippen molar-refractivity contribution < 1.29 is 0 Å². The summed E-state index contributed by atoms with van der Waals surface area (Å²) in [5.74, 6) is 0.132. The summed E-state index contributed by atoms with van der Waals surface area (Å²) < 4.78 is 1.84. The molecule has 0 radical (unpaired) electrons. The second-order valence-corrected chi connectivity index (χ2v) is 4.30. The molecule has 0 saturated carbocycles. The smallest absolute Gasteiger partial charge is 0.185 e. The molecule has 20 heavy (non-hydrogen) atoms. The molecule has 0 aliphatic rings. The van der Waals surface area contributed by atoms with E-state index in [1.807, 2.05) is 29.1 Å². The Morgan fingerprint density at radius 3 is 2.65 bits per heavy atom. The van der Waals surface area contributed by atoms with E-state index >= 15 is 0 Å². The van der Waals surface area contributed by atoms with Gasteiger partial charge in [-0.3, -0.25) is 4.99 Å². The number of halogens is 1. The van der Waals surface area contributed by atoms with Crippen molar-refractivity contribution in [2.45, 2.75) is 19.4 Å². The van der Waals surface area contributed by atoms with E-state index in [-0.39, 0.29) is 18.4 Å². The Bertz CT molecular complexity index is 533. The number of guanidine groups is 1. The van der Waals surface area contributed by atoms with Crippen molar-refractivity contribution in [3.05, 3.63) is 47.8 Å². The van der Waals surface area contributed by atoms with Crippen molar-refractivity contribution in [1.29, 1.82) is 0 Å². The van der Waals surface area contributed by atoms with Gasteiger partial charge in [0.1, 0.15) is 0 Å². The summed E-state index contributed by atoms with van der Waals surface area (Å²) in [7, 11) is 0. The van der Waals surface area contributed by atoms with Gasteiger partial charge >= 0.3 is 0 Å². The molecule has 0 amide bonds. The molecule has 0 bridgehead atoms. The largest absolute Gasteiger partial charge is 0.370 e. The minimum atomic E-state index is 0. The van der Waals surface area contributed by atoms with E-state index in [0.717, 1.165) is 25.1 Å². The topological polar surface area (TPSA) is 95.1 Å². The molecule has 1 heterocycles. The highest BCUT2D eigenvalue weighted by atomic mass is 35.5. The number of rotatable bonds is 6. The van der Waals surface area contributed by atoms with Gasteiger partial charge in [-0.1, -0.05) is 35.5 Å². The molecule has 0 spiro atoms. The molecule has 2 rings (SSSR count). The average Bonchev–Trinajstić information content (AvgIpc) is 2.83. The maximum atomic E-state index is 5.26. The van der Waals surface area contributed by atoms with Crippen LogP contribution in [0.5, 0.6) is 0 Å². The average molecular weight is 295 g/mol. The second-order valence-electron chi connectivity index (χ2n) is 4.30. The summed E-state index contributed by atoms with van der Waals surface area (Å²) >= 11 is 0. The van der Waals surface area contributed by atoms with Gasteiger partial charge in [-0.05, 0) is 18.4 Å². The van der Waals surface area contributed by atoms with Gasteiger partial charge in [-0.2, -0.15) is 0 Å². The molecule has 7 heteroatoms. The molecule has 0 unspecified atom stereocenters. The lowest BCUT2D eigenvalue weighted by atomic mass is 10.2. The maximum Gasteiger partial charge on any atom is 0.185 e. The zero-order valence-corrected chi connectivity index (χ0v) is 12.0. The Morgan fingerprint density at radius 1 is 1.20 bits per heavy atom. The van der Waals surface area contributed by atoms with Crippen LogP contribution in [0.2, 0.25) is 0 Å². The normalized spacial score (nSPS) is 9.80. The monoisotopic (exact) mass is 294 g/mol. The van der Waals surface area contributed by atoms with Crippen LogP contribution >= 0.6 is 12.4 Å². The van der Waals surface area contributed by atoms with Gasteiger partial charge in [0.2, 0.25) is 0 Å². The first-order valence-corrected chi connectivity index (χ1v) is 6.22. The Kier molecular flexibility index (Phi) is 6.52. The van der Waals surface area contributed by atoms with Crippen LogP contribution in [-0.4, -0.2) is 27.5 Å². The number of hydrogen-bond donors (Lipinski definition) is 2. The lowest BCUT2D eigenvalue weighted by molar-refractivity contribution is 0.649. The van der Waals surface area contributed by atoms with E-state index < -0.39 is 0 Å². The predicted octanol–water partition coefficient (Wildman–Crippen LogP) is 0.954. The maximum absolute atomic E-state index is 5.26. The Hall–Kier alpha value is -2.08. The van der Waals surface area contributed by atoms with E-state index in [1.165, 1.54) is 5.56 Å². The first-order valence-electron chi connectivity index (χ1n) is 6.22. The number of aromatic nitrogens is 3. The number of hydrogen-bond acceptors (Lipinski definition) is 3. The van der Waals surface area contributed by atoms with Gasteiger partial charge < -0.3 is 11.5 Å². The molecular weight excluding hydrogens is 276 g/mol. The Labute approximate surface area is 124 Å². The molecule has 1 aromatic carbocycles. The number of benzene rings is 1. The number of aliphatic imine (C=N–C) groups is 1. The molecule has 0 fully saturated rings. The molecule has 4 N–H and O–H groups in total. The van der Waals surface area contributed by atoms with E-state index in [0.29, 0.717) is 6.54 Å². The summed E-state index contributed by atoms with van der Waals surface area (Å²) in [6.45, 7) is 1.36. The standard InChI is InChI=1S/C13H18N6.ClH/c14-13(15)16-8-4-7-12-10-19(18-17-12)9-11-5-2-1-3-6-11;/h1-3,5-6,10H,4,7-9H2,(H4,14,15,16);1H. The lowest BCUT2D eigenvalue weighted by Gasteiger charge is -1.99. The number of nitrogens with zero attached hydrogens (tertiary/aromatic N) is 4. The van der Waals surface area contributed by atoms with E-state index in [2.05, 4.69) is 27.4 Å². The van der Waals surface area contributed by atoms with Crippen LogP contribution in [0.25, 0.3) is 0 Å². The van der Waals surface area contributed by atoms with Gasteiger partial charge in [0.15, 0.2) is 5.96 Å². The van der Waals surface area contributed by atoms with Crippen molar-refractivity contribution in [2.24, 2.45) is 16.5 Å². The third kappa shape index (κ3) is 5.27. The zero-order chi connectivity index (χ0) is 13.5. The molecule has 0 aliphatic carbocycles. The summed E-state index contributed by atoms with van der Waals surface area (Å²) in [6, 6.07) is 10.2. The van der Waals surface area contributed by atoms with Gasteiger partial charge in [0.05, 0.1) is 12.2 Å². The van der Waals surface area contributed by atoms with Crippen molar-refractivity contribution in [2.75, 3.05) is 6.54 Å². The molecule has 108 valence electrons. The van der Waals surface area contributed by atoms with Crippen molar-refractivity contribution in [1.82, 2.24) is 15.0 Å². The van der Waals surface area contributed by atoms with Crippen molar-refractivity contribution in [3.8, 4) is 0 Å². The molecule has 0 atom stereocenters. The van der Waals surface area contributed by atoms with Crippen LogP contribution in [0, 0.1) is 0 Å². The predicted molar refractivity (Wildman–Crippen MR) is 81.8 cm³/mol. The van der Waals surface area contributed by atoms with Crippen LogP contribution in [0.3, 0.4) is 0 Å². The van der Waals surface area contributed by atoms with Gasteiger partial charge in [0.25, 0.3) is 0 Å². The summed E-state index contributed by atoms with van der Waals surface area (Å²) in [6.07, 6.45) is 3.65. The SMILES string of the molecule is Cl.NC(N)=NCCCc1cn(Cc2ccccc2)nn1. The highest BCUT2D eigenvalue weighted by Gasteiger charge is 2.01. The molecule has 2 aromatic rings. The first-order chi connectivity index (χ1) is 9.24. The minimum Gasteiger partial charge on any atom is -0.370 e. The summed E-state index contributed by atoms with van der Waals surface area (Å²) in [5.41, 5.74) is 12.7. The van der Waals surface area contributed by atoms with Crippen LogP contribution in [0.4, 0.5) is 0 Å². The van der Waals surface area contributed by atoms with E-state index in [9.17, 15) is 0 Å². The van der Waals surface area contributed by atoms with Crippen molar-refractivity contribution in [3.63, 3.8) is 0 Å². The zero-order valence-electron chi connectivity index (χ0n) is 11.1. The molecule has 0 aliphatic heterocycles. The van der Waals surface area contributed by atoms with Crippen LogP contribution in [0.1, 0.15) is 17.7 Å². The lowest BCUT2D eigenvalue weighted by Crippen LogP contribution is -2.23. The Balaban J connectivity index is 0.00000200. The van der Waals surface area contributed by atoms with Crippen LogP contribution in [-0.2, 0) is 13.0 Å². The van der Waals surface area contributed by atoms with Crippen LogP contribution < -0.4 is 11.5 Å². The third-order valence-corrected chi connectivity index (χ3v) is 2.66. The van der Waals surface area contributed by atoms with Crippen molar-refractivity contribution >= 4 is 18.4 Å². The van der Waals surface area contributed by atoms with Gasteiger partial charge in [0, 0.05) is 12.7 Å². The highest BCUT2D eigenvalue weighted by molar-refractivity contribution is 5.85. The minimum absolute atomic E-state index is 0. The fourth-order valence-corrected chi connectivity index (χ4v) is 1.77. The summed E-state index contributed by atoms with van der Waals surface area (Å²) in [4.78, 5) is 3.93. The fourth-order valence-electron chi connectivity index (χ4n) is 1.77.